The molecule has 4 rings (SSSR count). The van der Waals surface area contributed by atoms with Crippen molar-refractivity contribution in [2.75, 3.05) is 24.9 Å². The maximum absolute atomic E-state index is 13.1. The summed E-state index contributed by atoms with van der Waals surface area (Å²) in [5.41, 5.74) is 5.72. The minimum atomic E-state index is -4.12. The van der Waals surface area contributed by atoms with Gasteiger partial charge in [0.15, 0.2) is 0 Å². The Morgan fingerprint density at radius 1 is 1.09 bits per heavy atom. The van der Waals surface area contributed by atoms with Crippen molar-refractivity contribution >= 4 is 39.2 Å². The molecule has 234 valence electrons. The van der Waals surface area contributed by atoms with E-state index in [9.17, 15) is 23.2 Å². The third-order valence-corrected chi connectivity index (χ3v) is 8.79. The third kappa shape index (κ3) is 7.75. The van der Waals surface area contributed by atoms with E-state index in [1.807, 2.05) is 31.2 Å². The molecule has 0 radical (unpaired) electrons. The first-order valence-electron chi connectivity index (χ1n) is 13.8. The van der Waals surface area contributed by atoms with Crippen LogP contribution in [0.1, 0.15) is 52.6 Å². The van der Waals surface area contributed by atoms with Crippen LogP contribution in [0.25, 0.3) is 0 Å². The van der Waals surface area contributed by atoms with Crippen LogP contribution in [0.5, 0.6) is 0 Å². The monoisotopic (exact) mass is 644 g/mol. The number of fused-ring (bicyclic) bond motifs is 1. The molecule has 1 unspecified atom stereocenters. The number of rotatable bonds is 13. The number of esters is 1. The average molecular weight is 645 g/mol. The Hall–Kier alpha value is -4.40. The van der Waals surface area contributed by atoms with Crippen molar-refractivity contribution in [1.29, 1.82) is 0 Å². The quantitative estimate of drug-likeness (QED) is 0.0696. The summed E-state index contributed by atoms with van der Waals surface area (Å²) in [6.07, 6.45) is 0.770. The standard InChI is InChI=1S/C29H33ClN6O7S/c1-4-34(5-2)36(39)33-43-19-42-29(38)22-12-10-21(11-13-22)18-31-44(40,41)27-17-24(14-15-25(27)30)28(37)32-35-20(3)16-23-8-6-7-9-26(23)35/h6-15,17,20,31H,4-5,16,18-19H2,1-3H3,(H,32,37)/b36-33+. The number of hydrogen-bond donors (Lipinski definition) is 2. The fourth-order valence-corrected chi connectivity index (χ4v) is 6.07. The Morgan fingerprint density at radius 3 is 2.48 bits per heavy atom. The summed E-state index contributed by atoms with van der Waals surface area (Å²) in [6, 6.07) is 17.8. The lowest BCUT2D eigenvalue weighted by molar-refractivity contribution is -0.710. The number of benzene rings is 3. The van der Waals surface area contributed by atoms with E-state index in [0.29, 0.717) is 18.7 Å². The van der Waals surface area contributed by atoms with Crippen LogP contribution in [0, 0.1) is 5.21 Å². The van der Waals surface area contributed by atoms with Gasteiger partial charge in [0.2, 0.25) is 15.3 Å². The number of carbonyl (C=O) groups excluding carboxylic acids is 2. The largest absolute Gasteiger partial charge is 0.569 e. The van der Waals surface area contributed by atoms with Crippen molar-refractivity contribution < 1.29 is 32.6 Å². The van der Waals surface area contributed by atoms with Crippen LogP contribution in [0.15, 0.2) is 76.9 Å². The Morgan fingerprint density at radius 2 is 1.77 bits per heavy atom. The number of amides is 1. The van der Waals surface area contributed by atoms with E-state index < -0.39 is 28.7 Å². The third-order valence-electron chi connectivity index (χ3n) is 6.91. The van der Waals surface area contributed by atoms with Crippen molar-refractivity contribution in [2.45, 2.75) is 44.7 Å². The van der Waals surface area contributed by atoms with Crippen LogP contribution in [0.4, 0.5) is 5.69 Å². The van der Waals surface area contributed by atoms with Gasteiger partial charge >= 0.3 is 5.97 Å². The van der Waals surface area contributed by atoms with Crippen LogP contribution >= 0.6 is 11.6 Å². The van der Waals surface area contributed by atoms with E-state index in [0.717, 1.165) is 17.7 Å². The van der Waals surface area contributed by atoms with Gasteiger partial charge in [-0.2, -0.15) is 0 Å². The fourth-order valence-electron chi connectivity index (χ4n) is 4.53. The first-order valence-corrected chi connectivity index (χ1v) is 15.7. The molecule has 13 nitrogen and oxygen atoms in total. The zero-order valence-electron chi connectivity index (χ0n) is 24.4. The molecule has 1 atom stereocenters. The first kappa shape index (κ1) is 32.5. The minimum Gasteiger partial charge on any atom is -0.569 e. The van der Waals surface area contributed by atoms with Crippen molar-refractivity contribution in [3.8, 4) is 0 Å². The molecule has 2 N–H and O–H groups in total. The predicted molar refractivity (Wildman–Crippen MR) is 162 cm³/mol. The van der Waals surface area contributed by atoms with Crippen LogP contribution in [-0.4, -0.2) is 56.2 Å². The number of hydrogen-bond acceptors (Lipinski definition) is 9. The lowest BCUT2D eigenvalue weighted by atomic mass is 10.1. The number of ether oxygens (including phenoxy) is 1. The van der Waals surface area contributed by atoms with E-state index in [4.69, 9.17) is 21.2 Å². The van der Waals surface area contributed by atoms with Gasteiger partial charge < -0.3 is 14.8 Å². The average Bonchev–Trinajstić information content (AvgIpc) is 3.33. The van der Waals surface area contributed by atoms with Gasteiger partial charge in [0.05, 0.1) is 40.4 Å². The van der Waals surface area contributed by atoms with Gasteiger partial charge in [0.25, 0.3) is 12.7 Å². The zero-order chi connectivity index (χ0) is 31.9. The molecular formula is C29H33ClN6O7S. The summed E-state index contributed by atoms with van der Waals surface area (Å²) >= 11 is 6.23. The molecule has 0 fully saturated rings. The lowest BCUT2D eigenvalue weighted by Gasteiger charge is -2.25. The van der Waals surface area contributed by atoms with E-state index in [2.05, 4.69) is 15.4 Å². The highest BCUT2D eigenvalue weighted by Crippen LogP contribution is 2.30. The van der Waals surface area contributed by atoms with Crippen molar-refractivity contribution in [2.24, 2.45) is 5.28 Å². The Kier molecular flexibility index (Phi) is 10.6. The molecular weight excluding hydrogens is 612 g/mol. The first-order chi connectivity index (χ1) is 21.0. The van der Waals surface area contributed by atoms with E-state index >= 15 is 0 Å². The second-order valence-corrected chi connectivity index (χ2v) is 12.0. The Bertz CT molecular complexity index is 1630. The van der Waals surface area contributed by atoms with Gasteiger partial charge in [0, 0.05) is 12.1 Å². The summed E-state index contributed by atoms with van der Waals surface area (Å²) in [4.78, 5) is 30.1. The van der Waals surface area contributed by atoms with Crippen molar-refractivity contribution in [3.63, 3.8) is 0 Å². The number of sulfonamides is 1. The maximum atomic E-state index is 13.1. The molecule has 1 aliphatic rings. The number of carbonyl (C=O) groups is 2. The molecule has 3 aromatic rings. The fraction of sp³-hybridized carbons (Fsp3) is 0.310. The summed E-state index contributed by atoms with van der Waals surface area (Å²) in [6.45, 7) is 5.73. The highest BCUT2D eigenvalue weighted by Gasteiger charge is 2.28. The molecule has 44 heavy (non-hydrogen) atoms. The van der Waals surface area contributed by atoms with Gasteiger partial charge in [-0.3, -0.25) is 15.2 Å². The SMILES string of the molecule is CCN(CC)/[N+]([O-])=N\OCOC(=O)c1ccc(CNS(=O)(=O)c2cc(C(=O)NN3c4ccccc4CC3C)ccc2Cl)cc1. The molecule has 0 saturated carbocycles. The topological polar surface area (TPSA) is 156 Å². The Balaban J connectivity index is 1.34. The van der Waals surface area contributed by atoms with Gasteiger partial charge in [-0.25, -0.2) is 17.9 Å². The lowest BCUT2D eigenvalue weighted by Crippen LogP contribution is -2.45. The molecule has 0 bridgehead atoms. The van der Waals surface area contributed by atoms with Crippen LogP contribution in [0.2, 0.25) is 5.02 Å². The molecule has 3 aromatic carbocycles. The van der Waals surface area contributed by atoms with Crippen molar-refractivity contribution in [3.05, 3.63) is 99.2 Å². The second-order valence-electron chi connectivity index (χ2n) is 9.81. The number of para-hydroxylation sites is 1. The summed E-state index contributed by atoms with van der Waals surface area (Å²) < 4.78 is 33.7. The summed E-state index contributed by atoms with van der Waals surface area (Å²) in [5, 5.41) is 18.1. The molecule has 1 amide bonds. The molecule has 1 aliphatic heterocycles. The smallest absolute Gasteiger partial charge is 0.341 e. The molecule has 0 saturated heterocycles. The minimum absolute atomic E-state index is 0.0259. The van der Waals surface area contributed by atoms with Crippen LogP contribution in [-0.2, 0) is 32.6 Å². The molecule has 0 aliphatic carbocycles. The normalized spacial score (nSPS) is 14.6. The molecule has 0 spiro atoms. The summed E-state index contributed by atoms with van der Waals surface area (Å²) in [5.74, 6) is -1.20. The molecule has 0 aromatic heterocycles. The molecule has 15 heteroatoms. The van der Waals surface area contributed by atoms with E-state index in [1.165, 1.54) is 35.3 Å². The van der Waals surface area contributed by atoms with Gasteiger partial charge in [-0.05, 0) is 74.7 Å². The number of anilines is 1. The van der Waals surface area contributed by atoms with Gasteiger partial charge in [-0.15, -0.1) is 5.01 Å². The van der Waals surface area contributed by atoms with Gasteiger partial charge in [0.1, 0.15) is 4.90 Å². The van der Waals surface area contributed by atoms with Crippen molar-refractivity contribution in [1.82, 2.24) is 15.2 Å². The predicted octanol–water partition coefficient (Wildman–Crippen LogP) is 4.18. The number of hydrazine groups is 2. The van der Waals surface area contributed by atoms with Crippen LogP contribution in [0.3, 0.4) is 0 Å². The Labute approximate surface area is 260 Å². The van der Waals surface area contributed by atoms with Gasteiger partial charge in [-0.1, -0.05) is 41.9 Å². The number of nitrogens with one attached hydrogen (secondary N) is 2. The summed E-state index contributed by atoms with van der Waals surface area (Å²) in [7, 11) is -4.12. The maximum Gasteiger partial charge on any atom is 0.341 e. The second kappa shape index (κ2) is 14.4. The number of halogens is 1. The zero-order valence-corrected chi connectivity index (χ0v) is 26.0. The van der Waals surface area contributed by atoms with E-state index in [-0.39, 0.29) is 38.6 Å². The number of nitrogens with zero attached hydrogens (tertiary/aromatic N) is 4. The van der Waals surface area contributed by atoms with E-state index in [1.54, 1.807) is 31.0 Å². The van der Waals surface area contributed by atoms with Crippen LogP contribution < -0.4 is 15.2 Å². The highest BCUT2D eigenvalue weighted by molar-refractivity contribution is 7.89. The highest BCUT2D eigenvalue weighted by atomic mass is 35.5. The molecule has 1 heterocycles.